The molecule has 5 heterocycles. The zero-order valence-corrected chi connectivity index (χ0v) is 19.0. The van der Waals surface area contributed by atoms with Gasteiger partial charge in [-0.3, -0.25) is 9.78 Å². The van der Waals surface area contributed by atoms with Crippen molar-refractivity contribution >= 4 is 23.2 Å². The Hall–Kier alpha value is -2.40. The van der Waals surface area contributed by atoms with E-state index in [-0.39, 0.29) is 43.2 Å². The molecule has 1 amide bonds. The van der Waals surface area contributed by atoms with Crippen LogP contribution in [0.3, 0.4) is 0 Å². The van der Waals surface area contributed by atoms with E-state index in [0.717, 1.165) is 35.5 Å². The highest BCUT2D eigenvalue weighted by Gasteiger charge is 2.41. The molecule has 0 aliphatic carbocycles. The van der Waals surface area contributed by atoms with Crippen molar-refractivity contribution in [1.29, 1.82) is 0 Å². The Balaban J connectivity index is 1.29. The van der Waals surface area contributed by atoms with Crippen LogP contribution in [0.15, 0.2) is 6.20 Å². The SMILES string of the molecule is C[C@@H]1CN(c2c(Cl)cnc3c2CCNC3)CC[C@@H]1C(=O)N1CCn2c(nnc2C(F)(F)F)C1. The molecule has 0 spiro atoms. The van der Waals surface area contributed by atoms with Crippen LogP contribution in [0.25, 0.3) is 0 Å². The molecule has 0 unspecified atom stereocenters. The fourth-order valence-electron chi connectivity index (χ4n) is 5.24. The van der Waals surface area contributed by atoms with Gasteiger partial charge in [0.2, 0.25) is 11.7 Å². The van der Waals surface area contributed by atoms with Gasteiger partial charge in [-0.05, 0) is 25.3 Å². The lowest BCUT2D eigenvalue weighted by molar-refractivity contribution is -0.148. The molecule has 3 aliphatic heterocycles. The third-order valence-electron chi connectivity index (χ3n) is 6.90. The van der Waals surface area contributed by atoms with E-state index >= 15 is 0 Å². The first-order valence-electron chi connectivity index (χ1n) is 11.1. The van der Waals surface area contributed by atoms with E-state index in [2.05, 4.69) is 25.4 Å². The fraction of sp³-hybridized carbons (Fsp3) is 0.619. The Labute approximate surface area is 194 Å². The van der Waals surface area contributed by atoms with Crippen LogP contribution >= 0.6 is 11.6 Å². The smallest absolute Gasteiger partial charge is 0.370 e. The maximum atomic E-state index is 13.3. The number of piperidine rings is 1. The summed E-state index contributed by atoms with van der Waals surface area (Å²) < 4.78 is 40.3. The van der Waals surface area contributed by atoms with Gasteiger partial charge in [-0.25, -0.2) is 0 Å². The number of pyridine rings is 1. The van der Waals surface area contributed by atoms with Crippen LogP contribution in [0.1, 0.15) is 36.3 Å². The summed E-state index contributed by atoms with van der Waals surface area (Å²) in [5.74, 6) is -0.985. The van der Waals surface area contributed by atoms with Gasteiger partial charge in [-0.15, -0.1) is 10.2 Å². The number of nitrogens with zero attached hydrogens (tertiary/aromatic N) is 6. The Kier molecular flexibility index (Phi) is 5.72. The van der Waals surface area contributed by atoms with E-state index in [1.54, 1.807) is 11.1 Å². The van der Waals surface area contributed by atoms with E-state index in [1.807, 2.05) is 6.92 Å². The lowest BCUT2D eigenvalue weighted by Gasteiger charge is -2.41. The van der Waals surface area contributed by atoms with Gasteiger partial charge in [0.1, 0.15) is 0 Å². The first-order valence-corrected chi connectivity index (χ1v) is 11.5. The van der Waals surface area contributed by atoms with Crippen molar-refractivity contribution in [3.63, 3.8) is 0 Å². The van der Waals surface area contributed by atoms with Gasteiger partial charge in [0.25, 0.3) is 0 Å². The molecule has 0 saturated carbocycles. The quantitative estimate of drug-likeness (QED) is 0.707. The van der Waals surface area contributed by atoms with Crippen LogP contribution < -0.4 is 10.2 Å². The van der Waals surface area contributed by atoms with Crippen molar-refractivity contribution in [3.05, 3.63) is 34.1 Å². The number of nitrogens with one attached hydrogen (secondary N) is 1. The predicted octanol–water partition coefficient (Wildman–Crippen LogP) is 2.50. The first kappa shape index (κ1) is 22.4. The molecule has 8 nitrogen and oxygen atoms in total. The zero-order valence-electron chi connectivity index (χ0n) is 18.2. The largest absolute Gasteiger partial charge is 0.451 e. The average Bonchev–Trinajstić information content (AvgIpc) is 3.22. The maximum Gasteiger partial charge on any atom is 0.451 e. The van der Waals surface area contributed by atoms with Crippen molar-refractivity contribution in [2.45, 2.75) is 45.6 Å². The van der Waals surface area contributed by atoms with Crippen molar-refractivity contribution in [2.75, 3.05) is 31.1 Å². The summed E-state index contributed by atoms with van der Waals surface area (Å²) in [5, 5.41) is 10.9. The second-order valence-corrected chi connectivity index (χ2v) is 9.38. The minimum absolute atomic E-state index is 0.0305. The van der Waals surface area contributed by atoms with Crippen LogP contribution in [0, 0.1) is 11.8 Å². The molecular weight excluding hydrogens is 459 g/mol. The van der Waals surface area contributed by atoms with Crippen LogP contribution in [0.5, 0.6) is 0 Å². The molecule has 0 radical (unpaired) electrons. The van der Waals surface area contributed by atoms with Gasteiger partial charge in [0, 0.05) is 50.4 Å². The summed E-state index contributed by atoms with van der Waals surface area (Å²) in [6, 6.07) is 0. The summed E-state index contributed by atoms with van der Waals surface area (Å²) in [6.45, 7) is 5.33. The first-order chi connectivity index (χ1) is 15.7. The summed E-state index contributed by atoms with van der Waals surface area (Å²) in [6.07, 6.45) is -1.34. The molecule has 2 aromatic heterocycles. The molecule has 5 rings (SSSR count). The van der Waals surface area contributed by atoms with Gasteiger partial charge >= 0.3 is 6.18 Å². The third-order valence-corrected chi connectivity index (χ3v) is 7.17. The molecular formula is C21H25ClF3N7O. The highest BCUT2D eigenvalue weighted by Crippen LogP contribution is 2.37. The Morgan fingerprint density at radius 1 is 1.24 bits per heavy atom. The number of halogens is 4. The molecule has 0 bridgehead atoms. The minimum atomic E-state index is -4.55. The topological polar surface area (TPSA) is 79.2 Å². The molecule has 1 N–H and O–H groups in total. The van der Waals surface area contributed by atoms with Crippen LogP contribution in [0.4, 0.5) is 18.9 Å². The lowest BCUT2D eigenvalue weighted by Crippen LogP contribution is -2.49. The van der Waals surface area contributed by atoms with Gasteiger partial charge in [-0.2, -0.15) is 13.2 Å². The monoisotopic (exact) mass is 483 g/mol. The Morgan fingerprint density at radius 3 is 2.82 bits per heavy atom. The second-order valence-electron chi connectivity index (χ2n) is 8.97. The zero-order chi connectivity index (χ0) is 23.3. The number of carbonyl (C=O) groups excluding carboxylic acids is 1. The second kappa shape index (κ2) is 8.43. The van der Waals surface area contributed by atoms with Crippen molar-refractivity contribution in [1.82, 2.24) is 30.0 Å². The van der Waals surface area contributed by atoms with Gasteiger partial charge < -0.3 is 19.7 Å². The van der Waals surface area contributed by atoms with Gasteiger partial charge in [0.05, 0.1) is 22.9 Å². The van der Waals surface area contributed by atoms with Crippen LogP contribution in [-0.4, -0.2) is 56.7 Å². The normalized spacial score (nSPS) is 23.3. The van der Waals surface area contributed by atoms with Crippen molar-refractivity contribution < 1.29 is 18.0 Å². The predicted molar refractivity (Wildman–Crippen MR) is 115 cm³/mol. The number of aromatic nitrogens is 4. The standard InChI is InChI=1S/C21H25ClF3N7O/c1-12-10-30(18-14-2-4-26-9-16(14)27-8-15(18)22)5-3-13(12)19(33)31-6-7-32-17(11-31)28-29-20(32)21(23,24)25/h8,12-13,26H,2-7,9-11H2,1H3/t12-,13+/m1/s1. The number of carbonyl (C=O) groups is 1. The number of rotatable bonds is 2. The fourth-order valence-corrected chi connectivity index (χ4v) is 5.52. The number of amides is 1. The lowest BCUT2D eigenvalue weighted by atomic mass is 9.85. The molecule has 12 heteroatoms. The van der Waals surface area contributed by atoms with E-state index in [9.17, 15) is 18.0 Å². The third kappa shape index (κ3) is 4.05. The van der Waals surface area contributed by atoms with Crippen LogP contribution in [0.2, 0.25) is 5.02 Å². The molecule has 33 heavy (non-hydrogen) atoms. The van der Waals surface area contributed by atoms with E-state index in [1.165, 1.54) is 5.56 Å². The maximum absolute atomic E-state index is 13.3. The molecule has 2 atom stereocenters. The summed E-state index contributed by atoms with van der Waals surface area (Å²) in [5.41, 5.74) is 3.21. The number of hydrogen-bond acceptors (Lipinski definition) is 6. The van der Waals surface area contributed by atoms with Crippen molar-refractivity contribution in [3.8, 4) is 0 Å². The van der Waals surface area contributed by atoms with Crippen LogP contribution in [-0.2, 0) is 37.0 Å². The summed E-state index contributed by atoms with van der Waals surface area (Å²) in [4.78, 5) is 21.6. The van der Waals surface area contributed by atoms with Gasteiger partial charge in [0.15, 0.2) is 5.82 Å². The van der Waals surface area contributed by atoms with E-state index < -0.39 is 12.0 Å². The number of hydrogen-bond donors (Lipinski definition) is 1. The highest BCUT2D eigenvalue weighted by atomic mass is 35.5. The molecule has 0 aromatic carbocycles. The number of fused-ring (bicyclic) bond motifs is 2. The molecule has 1 fully saturated rings. The summed E-state index contributed by atoms with van der Waals surface area (Å²) in [7, 11) is 0. The highest BCUT2D eigenvalue weighted by molar-refractivity contribution is 6.33. The van der Waals surface area contributed by atoms with E-state index in [4.69, 9.17) is 11.6 Å². The molecule has 3 aliphatic rings. The Bertz CT molecular complexity index is 1070. The van der Waals surface area contributed by atoms with E-state index in [0.29, 0.717) is 24.5 Å². The Morgan fingerprint density at radius 2 is 2.06 bits per heavy atom. The molecule has 178 valence electrons. The average molecular weight is 484 g/mol. The number of alkyl halides is 3. The number of anilines is 1. The van der Waals surface area contributed by atoms with Gasteiger partial charge in [-0.1, -0.05) is 18.5 Å². The van der Waals surface area contributed by atoms with Crippen molar-refractivity contribution in [2.24, 2.45) is 11.8 Å². The minimum Gasteiger partial charge on any atom is -0.370 e. The summed E-state index contributed by atoms with van der Waals surface area (Å²) >= 11 is 6.55. The molecule has 1 saturated heterocycles. The molecule has 2 aromatic rings.